The average molecular weight is 216 g/mol. The van der Waals surface area contributed by atoms with E-state index in [2.05, 4.69) is 9.97 Å². The lowest BCUT2D eigenvalue weighted by Gasteiger charge is -2.07. The zero-order chi connectivity index (χ0) is 11.4. The smallest absolute Gasteiger partial charge is 0.166 e. The second-order valence-electron chi connectivity index (χ2n) is 3.26. The lowest BCUT2D eigenvalue weighted by atomic mass is 10.3. The van der Waals surface area contributed by atoms with E-state index in [0.717, 1.165) is 5.56 Å². The standard InChI is InChI=1S/C11H12N4O/c12-10-6-8(3-5-14-10)7-16-9-2-1-4-15-11(9)13/h1-6H,7H2,(H2,12,14)(H2,13,15). The van der Waals surface area contributed by atoms with Crippen LogP contribution >= 0.6 is 0 Å². The minimum Gasteiger partial charge on any atom is -0.485 e. The number of hydrogen-bond donors (Lipinski definition) is 2. The zero-order valence-electron chi connectivity index (χ0n) is 8.63. The molecular formula is C11H12N4O. The molecule has 0 saturated carbocycles. The van der Waals surface area contributed by atoms with Crippen LogP contribution < -0.4 is 16.2 Å². The van der Waals surface area contributed by atoms with Crippen molar-refractivity contribution in [2.45, 2.75) is 6.61 Å². The summed E-state index contributed by atoms with van der Waals surface area (Å²) in [6, 6.07) is 7.13. The second-order valence-corrected chi connectivity index (χ2v) is 3.26. The number of hydrogen-bond acceptors (Lipinski definition) is 5. The number of nitrogens with zero attached hydrogens (tertiary/aromatic N) is 2. The Morgan fingerprint density at radius 1 is 1.12 bits per heavy atom. The van der Waals surface area contributed by atoms with Gasteiger partial charge in [-0.1, -0.05) is 0 Å². The fourth-order valence-corrected chi connectivity index (χ4v) is 1.27. The Hall–Kier alpha value is -2.30. The molecular weight excluding hydrogens is 204 g/mol. The predicted octanol–water partition coefficient (Wildman–Crippen LogP) is 1.22. The number of ether oxygens (including phenoxy) is 1. The van der Waals surface area contributed by atoms with Gasteiger partial charge in [0.05, 0.1) is 0 Å². The van der Waals surface area contributed by atoms with E-state index in [1.54, 1.807) is 30.6 Å². The van der Waals surface area contributed by atoms with Gasteiger partial charge in [-0.3, -0.25) is 0 Å². The molecule has 2 heterocycles. The van der Waals surface area contributed by atoms with E-state index in [1.165, 1.54) is 0 Å². The third-order valence-electron chi connectivity index (χ3n) is 2.04. The second kappa shape index (κ2) is 4.48. The number of pyridine rings is 2. The predicted molar refractivity (Wildman–Crippen MR) is 61.6 cm³/mol. The Bertz CT molecular complexity index is 487. The first-order valence-corrected chi connectivity index (χ1v) is 4.79. The summed E-state index contributed by atoms with van der Waals surface area (Å²) in [7, 11) is 0. The van der Waals surface area contributed by atoms with Crippen LogP contribution in [0.4, 0.5) is 11.6 Å². The Labute approximate surface area is 93.1 Å². The summed E-state index contributed by atoms with van der Waals surface area (Å²) < 4.78 is 5.51. The van der Waals surface area contributed by atoms with Crippen LogP contribution in [0.1, 0.15) is 5.56 Å². The molecule has 16 heavy (non-hydrogen) atoms. The molecule has 0 fully saturated rings. The molecule has 2 aromatic rings. The van der Waals surface area contributed by atoms with Crippen molar-refractivity contribution in [3.05, 3.63) is 42.2 Å². The molecule has 0 aromatic carbocycles. The van der Waals surface area contributed by atoms with Gasteiger partial charge < -0.3 is 16.2 Å². The van der Waals surface area contributed by atoms with Gasteiger partial charge in [0.1, 0.15) is 12.4 Å². The minimum absolute atomic E-state index is 0.379. The zero-order valence-corrected chi connectivity index (χ0v) is 8.63. The van der Waals surface area contributed by atoms with Crippen LogP contribution in [-0.4, -0.2) is 9.97 Å². The fraction of sp³-hybridized carbons (Fsp3) is 0.0909. The highest BCUT2D eigenvalue weighted by atomic mass is 16.5. The summed E-state index contributed by atoms with van der Waals surface area (Å²) in [6.45, 7) is 0.391. The summed E-state index contributed by atoms with van der Waals surface area (Å²) in [5.41, 5.74) is 12.1. The first-order chi connectivity index (χ1) is 7.75. The molecule has 5 nitrogen and oxygen atoms in total. The molecule has 2 rings (SSSR count). The van der Waals surface area contributed by atoms with Gasteiger partial charge in [-0.25, -0.2) is 9.97 Å². The van der Waals surface area contributed by atoms with E-state index in [0.29, 0.717) is 24.0 Å². The van der Waals surface area contributed by atoms with Crippen molar-refractivity contribution in [2.75, 3.05) is 11.5 Å². The topological polar surface area (TPSA) is 87.0 Å². The van der Waals surface area contributed by atoms with Crippen molar-refractivity contribution in [2.24, 2.45) is 0 Å². The molecule has 0 atom stereocenters. The number of nitrogen functional groups attached to an aromatic ring is 2. The van der Waals surface area contributed by atoms with Crippen LogP contribution in [0, 0.1) is 0 Å². The molecule has 0 aliphatic carbocycles. The van der Waals surface area contributed by atoms with Crippen LogP contribution in [0.5, 0.6) is 5.75 Å². The van der Waals surface area contributed by atoms with Gasteiger partial charge in [0.15, 0.2) is 11.6 Å². The first kappa shape index (κ1) is 10.2. The van der Waals surface area contributed by atoms with Crippen LogP contribution in [0.2, 0.25) is 0 Å². The number of anilines is 2. The maximum atomic E-state index is 5.64. The molecule has 0 aliphatic rings. The van der Waals surface area contributed by atoms with Crippen molar-refractivity contribution < 1.29 is 4.74 Å². The van der Waals surface area contributed by atoms with Gasteiger partial charge in [-0.2, -0.15) is 0 Å². The molecule has 82 valence electrons. The third-order valence-corrected chi connectivity index (χ3v) is 2.04. The monoisotopic (exact) mass is 216 g/mol. The average Bonchev–Trinajstić information content (AvgIpc) is 2.28. The largest absolute Gasteiger partial charge is 0.485 e. The lowest BCUT2D eigenvalue weighted by molar-refractivity contribution is 0.307. The van der Waals surface area contributed by atoms with Gasteiger partial charge >= 0.3 is 0 Å². The molecule has 0 radical (unpaired) electrons. The number of aromatic nitrogens is 2. The Morgan fingerprint density at radius 2 is 2.00 bits per heavy atom. The summed E-state index contributed by atoms with van der Waals surface area (Å²) in [4.78, 5) is 7.82. The molecule has 0 bridgehead atoms. The SMILES string of the molecule is Nc1cc(COc2cccnc2N)ccn1. The van der Waals surface area contributed by atoms with Crippen molar-refractivity contribution in [3.8, 4) is 5.75 Å². The molecule has 0 unspecified atom stereocenters. The van der Waals surface area contributed by atoms with E-state index >= 15 is 0 Å². The van der Waals surface area contributed by atoms with Crippen LogP contribution in [-0.2, 0) is 6.61 Å². The van der Waals surface area contributed by atoms with E-state index in [4.69, 9.17) is 16.2 Å². The van der Waals surface area contributed by atoms with Crippen molar-refractivity contribution in [1.29, 1.82) is 0 Å². The van der Waals surface area contributed by atoms with E-state index in [9.17, 15) is 0 Å². The Kier molecular flexibility index (Phi) is 2.86. The highest BCUT2D eigenvalue weighted by molar-refractivity contribution is 5.44. The molecule has 5 heteroatoms. The van der Waals surface area contributed by atoms with E-state index in [-0.39, 0.29) is 0 Å². The number of nitrogens with two attached hydrogens (primary N) is 2. The minimum atomic E-state index is 0.379. The third kappa shape index (κ3) is 2.38. The normalized spacial score (nSPS) is 10.0. The highest BCUT2D eigenvalue weighted by Gasteiger charge is 2.00. The van der Waals surface area contributed by atoms with Gasteiger partial charge in [0.2, 0.25) is 0 Å². The van der Waals surface area contributed by atoms with E-state index < -0.39 is 0 Å². The van der Waals surface area contributed by atoms with Crippen LogP contribution in [0.3, 0.4) is 0 Å². The van der Waals surface area contributed by atoms with Gasteiger partial charge in [0, 0.05) is 12.4 Å². The molecule has 0 aliphatic heterocycles. The molecule has 0 saturated heterocycles. The maximum Gasteiger partial charge on any atom is 0.166 e. The van der Waals surface area contributed by atoms with Crippen LogP contribution in [0.15, 0.2) is 36.7 Å². The number of rotatable bonds is 3. The summed E-state index contributed by atoms with van der Waals surface area (Å²) >= 11 is 0. The maximum absolute atomic E-state index is 5.64. The summed E-state index contributed by atoms with van der Waals surface area (Å²) in [5.74, 6) is 1.42. The van der Waals surface area contributed by atoms with E-state index in [1.807, 2.05) is 6.07 Å². The molecule has 0 spiro atoms. The van der Waals surface area contributed by atoms with Gasteiger partial charge in [-0.05, 0) is 29.8 Å². The lowest BCUT2D eigenvalue weighted by Crippen LogP contribution is -2.01. The van der Waals surface area contributed by atoms with Crippen molar-refractivity contribution in [1.82, 2.24) is 9.97 Å². The summed E-state index contributed by atoms with van der Waals surface area (Å²) in [6.07, 6.45) is 3.26. The summed E-state index contributed by atoms with van der Waals surface area (Å²) in [5, 5.41) is 0. The van der Waals surface area contributed by atoms with Crippen molar-refractivity contribution in [3.63, 3.8) is 0 Å². The Morgan fingerprint density at radius 3 is 2.75 bits per heavy atom. The molecule has 0 amide bonds. The quantitative estimate of drug-likeness (QED) is 0.805. The van der Waals surface area contributed by atoms with Crippen molar-refractivity contribution >= 4 is 11.6 Å². The molecule has 2 aromatic heterocycles. The fourth-order valence-electron chi connectivity index (χ4n) is 1.27. The van der Waals surface area contributed by atoms with Gasteiger partial charge in [-0.15, -0.1) is 0 Å². The van der Waals surface area contributed by atoms with Crippen LogP contribution in [0.25, 0.3) is 0 Å². The first-order valence-electron chi connectivity index (χ1n) is 4.79. The molecule has 4 N–H and O–H groups in total. The Balaban J connectivity index is 2.05. The van der Waals surface area contributed by atoms with Gasteiger partial charge in [0.25, 0.3) is 0 Å². The highest BCUT2D eigenvalue weighted by Crippen LogP contribution is 2.18.